The van der Waals surface area contributed by atoms with Crippen LogP contribution in [0.4, 0.5) is 0 Å². The minimum atomic E-state index is 0.859. The zero-order valence-electron chi connectivity index (χ0n) is 10.1. The predicted octanol–water partition coefficient (Wildman–Crippen LogP) is 5.04. The van der Waals surface area contributed by atoms with Crippen molar-refractivity contribution in [2.45, 2.75) is 64.0 Å². The Labute approximate surface area is 94.6 Å². The molecular formula is C13H26S. The van der Waals surface area contributed by atoms with Crippen LogP contribution in [0.3, 0.4) is 0 Å². The highest BCUT2D eigenvalue weighted by molar-refractivity contribution is 7.99. The molecule has 0 spiro atoms. The summed E-state index contributed by atoms with van der Waals surface area (Å²) in [6.45, 7) is 4.43. The molecule has 0 saturated heterocycles. The van der Waals surface area contributed by atoms with Crippen LogP contribution >= 0.6 is 11.8 Å². The van der Waals surface area contributed by atoms with Crippen molar-refractivity contribution in [1.29, 1.82) is 0 Å². The quantitative estimate of drug-likeness (QED) is 0.382. The van der Waals surface area contributed by atoms with Crippen LogP contribution in [-0.4, -0.2) is 11.5 Å². The molecule has 14 heavy (non-hydrogen) atoms. The number of allylic oxidation sites excluding steroid dienone is 2. The van der Waals surface area contributed by atoms with Crippen molar-refractivity contribution in [2.75, 3.05) is 6.26 Å². The van der Waals surface area contributed by atoms with Crippen LogP contribution in [0.15, 0.2) is 12.2 Å². The molecule has 0 saturated carbocycles. The van der Waals surface area contributed by atoms with E-state index >= 15 is 0 Å². The summed E-state index contributed by atoms with van der Waals surface area (Å²) in [5.41, 5.74) is 0. The van der Waals surface area contributed by atoms with Crippen molar-refractivity contribution in [3.05, 3.63) is 12.2 Å². The van der Waals surface area contributed by atoms with Gasteiger partial charge in [-0.15, -0.1) is 0 Å². The highest BCUT2D eigenvalue weighted by atomic mass is 32.2. The summed E-state index contributed by atoms with van der Waals surface area (Å²) in [7, 11) is 0. The van der Waals surface area contributed by atoms with Gasteiger partial charge in [0.15, 0.2) is 0 Å². The van der Waals surface area contributed by atoms with Crippen molar-refractivity contribution in [2.24, 2.45) is 0 Å². The lowest BCUT2D eigenvalue weighted by molar-refractivity contribution is 0.596. The summed E-state index contributed by atoms with van der Waals surface area (Å²) in [6, 6.07) is 0. The Morgan fingerprint density at radius 1 is 1.07 bits per heavy atom. The molecule has 0 rings (SSSR count). The van der Waals surface area contributed by atoms with E-state index in [4.69, 9.17) is 0 Å². The second kappa shape index (κ2) is 11.2. The van der Waals surface area contributed by atoms with Gasteiger partial charge in [0.05, 0.1) is 0 Å². The van der Waals surface area contributed by atoms with E-state index in [0.717, 1.165) is 5.25 Å². The fraction of sp³-hybridized carbons (Fsp3) is 0.846. The molecule has 0 aromatic rings. The van der Waals surface area contributed by atoms with Gasteiger partial charge in [-0.2, -0.15) is 11.8 Å². The average molecular weight is 214 g/mol. The Balaban J connectivity index is 2.99. The van der Waals surface area contributed by atoms with E-state index < -0.39 is 0 Å². The van der Waals surface area contributed by atoms with Crippen LogP contribution in [0.5, 0.6) is 0 Å². The minimum Gasteiger partial charge on any atom is -0.162 e. The molecule has 0 aliphatic heterocycles. The van der Waals surface area contributed by atoms with Gasteiger partial charge in [-0.1, -0.05) is 44.8 Å². The first-order valence-electron chi connectivity index (χ1n) is 5.95. The lowest BCUT2D eigenvalue weighted by Gasteiger charge is -2.06. The largest absolute Gasteiger partial charge is 0.162 e. The summed E-state index contributed by atoms with van der Waals surface area (Å²) in [6.07, 6.45) is 16.4. The molecule has 0 amide bonds. The van der Waals surface area contributed by atoms with Crippen molar-refractivity contribution >= 4 is 11.8 Å². The molecule has 0 bridgehead atoms. The maximum Gasteiger partial charge on any atom is 0.00159 e. The Kier molecular flexibility index (Phi) is 11.2. The normalized spacial score (nSPS) is 13.6. The SMILES string of the molecule is C/C=C/CCCCCCCC(C)SC. The van der Waals surface area contributed by atoms with Gasteiger partial charge in [0.1, 0.15) is 0 Å². The van der Waals surface area contributed by atoms with E-state index in [-0.39, 0.29) is 0 Å². The predicted molar refractivity (Wildman–Crippen MR) is 70.1 cm³/mol. The molecule has 0 aromatic carbocycles. The third-order valence-corrected chi connectivity index (χ3v) is 3.66. The van der Waals surface area contributed by atoms with Crippen LogP contribution in [0, 0.1) is 0 Å². The average Bonchev–Trinajstić information content (AvgIpc) is 2.21. The summed E-state index contributed by atoms with van der Waals surface area (Å²) in [5.74, 6) is 0. The third kappa shape index (κ3) is 10.2. The molecule has 0 heterocycles. The Hall–Kier alpha value is 0.0900. The molecule has 1 unspecified atom stereocenters. The second-order valence-corrected chi connectivity index (χ2v) is 5.24. The lowest BCUT2D eigenvalue weighted by atomic mass is 10.1. The van der Waals surface area contributed by atoms with E-state index in [1.807, 2.05) is 11.8 Å². The monoisotopic (exact) mass is 214 g/mol. The molecule has 0 N–H and O–H groups in total. The van der Waals surface area contributed by atoms with Crippen LogP contribution in [0.25, 0.3) is 0 Å². The Bertz CT molecular complexity index is 129. The Morgan fingerprint density at radius 3 is 2.36 bits per heavy atom. The van der Waals surface area contributed by atoms with Crippen LogP contribution in [-0.2, 0) is 0 Å². The number of unbranched alkanes of at least 4 members (excludes halogenated alkanes) is 5. The lowest BCUT2D eigenvalue weighted by Crippen LogP contribution is -1.93. The molecule has 84 valence electrons. The zero-order chi connectivity index (χ0) is 10.6. The summed E-state index contributed by atoms with van der Waals surface area (Å²) >= 11 is 1.99. The van der Waals surface area contributed by atoms with E-state index in [0.29, 0.717) is 0 Å². The standard InChI is InChI=1S/C13H26S/c1-4-5-6-7-8-9-10-11-12-13(2)14-3/h4-5,13H,6-12H2,1-3H3/b5-4+. The van der Waals surface area contributed by atoms with Gasteiger partial charge in [0.2, 0.25) is 0 Å². The van der Waals surface area contributed by atoms with Gasteiger partial charge in [0, 0.05) is 5.25 Å². The smallest absolute Gasteiger partial charge is 0.00159 e. The maximum absolute atomic E-state index is 2.33. The van der Waals surface area contributed by atoms with Crippen molar-refractivity contribution in [3.8, 4) is 0 Å². The number of rotatable bonds is 9. The van der Waals surface area contributed by atoms with Crippen molar-refractivity contribution < 1.29 is 0 Å². The molecule has 0 radical (unpaired) electrons. The fourth-order valence-electron chi connectivity index (χ4n) is 1.51. The van der Waals surface area contributed by atoms with E-state index in [2.05, 4.69) is 32.3 Å². The van der Waals surface area contributed by atoms with Crippen molar-refractivity contribution in [1.82, 2.24) is 0 Å². The van der Waals surface area contributed by atoms with Crippen LogP contribution < -0.4 is 0 Å². The highest BCUT2D eigenvalue weighted by Crippen LogP contribution is 2.15. The third-order valence-electron chi connectivity index (χ3n) is 2.62. The molecule has 0 aromatic heterocycles. The molecule has 1 heteroatoms. The zero-order valence-corrected chi connectivity index (χ0v) is 10.9. The van der Waals surface area contributed by atoms with E-state index in [1.165, 1.54) is 44.9 Å². The first kappa shape index (κ1) is 14.1. The van der Waals surface area contributed by atoms with Crippen LogP contribution in [0.1, 0.15) is 58.8 Å². The van der Waals surface area contributed by atoms with E-state index in [9.17, 15) is 0 Å². The Morgan fingerprint density at radius 2 is 1.71 bits per heavy atom. The highest BCUT2D eigenvalue weighted by Gasteiger charge is 1.97. The van der Waals surface area contributed by atoms with Gasteiger partial charge in [0.25, 0.3) is 0 Å². The summed E-state index contributed by atoms with van der Waals surface area (Å²) in [4.78, 5) is 0. The molecule has 1 atom stereocenters. The first-order valence-corrected chi connectivity index (χ1v) is 7.24. The summed E-state index contributed by atoms with van der Waals surface area (Å²) < 4.78 is 0. The van der Waals surface area contributed by atoms with Gasteiger partial charge in [-0.3, -0.25) is 0 Å². The number of hydrogen-bond acceptors (Lipinski definition) is 1. The molecule has 0 nitrogen and oxygen atoms in total. The molecule has 0 aliphatic rings. The number of thioether (sulfide) groups is 1. The van der Waals surface area contributed by atoms with Gasteiger partial charge < -0.3 is 0 Å². The van der Waals surface area contributed by atoms with Gasteiger partial charge >= 0.3 is 0 Å². The van der Waals surface area contributed by atoms with E-state index in [1.54, 1.807) is 0 Å². The van der Waals surface area contributed by atoms with Crippen LogP contribution in [0.2, 0.25) is 0 Å². The molecule has 0 fully saturated rings. The number of hydrogen-bond donors (Lipinski definition) is 0. The van der Waals surface area contributed by atoms with Gasteiger partial charge in [-0.05, 0) is 32.4 Å². The first-order chi connectivity index (χ1) is 6.81. The minimum absolute atomic E-state index is 0.859. The molecule has 0 aliphatic carbocycles. The van der Waals surface area contributed by atoms with Crippen molar-refractivity contribution in [3.63, 3.8) is 0 Å². The van der Waals surface area contributed by atoms with Gasteiger partial charge in [-0.25, -0.2) is 0 Å². The topological polar surface area (TPSA) is 0 Å². The maximum atomic E-state index is 2.33. The second-order valence-electron chi connectivity index (χ2n) is 3.96. The molecular weight excluding hydrogens is 188 g/mol. The summed E-state index contributed by atoms with van der Waals surface area (Å²) in [5, 5.41) is 0.859. The fourth-order valence-corrected chi connectivity index (χ4v) is 1.91.